The lowest BCUT2D eigenvalue weighted by Gasteiger charge is -2.17. The van der Waals surface area contributed by atoms with Gasteiger partial charge in [0.05, 0.1) is 16.8 Å². The first kappa shape index (κ1) is 13.0. The Kier molecular flexibility index (Phi) is 3.55. The molecule has 0 saturated heterocycles. The van der Waals surface area contributed by atoms with Gasteiger partial charge < -0.3 is 5.32 Å². The lowest BCUT2D eigenvalue weighted by Crippen LogP contribution is -2.07. The minimum absolute atomic E-state index is 0.363. The summed E-state index contributed by atoms with van der Waals surface area (Å²) in [4.78, 5) is 0. The van der Waals surface area contributed by atoms with Gasteiger partial charge in [-0.1, -0.05) is 51.3 Å². The van der Waals surface area contributed by atoms with E-state index in [1.54, 1.807) is 0 Å². The molecule has 0 amide bonds. The van der Waals surface area contributed by atoms with Crippen molar-refractivity contribution in [2.24, 2.45) is 0 Å². The van der Waals surface area contributed by atoms with Crippen LogP contribution < -0.4 is 5.32 Å². The van der Waals surface area contributed by atoms with Crippen molar-refractivity contribution in [1.29, 1.82) is 0 Å². The second kappa shape index (κ2) is 5.18. The summed E-state index contributed by atoms with van der Waals surface area (Å²) in [6, 6.07) is 13.0. The van der Waals surface area contributed by atoms with Crippen molar-refractivity contribution in [1.82, 2.24) is 0 Å². The third kappa shape index (κ3) is 2.65. The highest BCUT2D eigenvalue weighted by atomic mass is 79.9. The van der Waals surface area contributed by atoms with Crippen LogP contribution in [-0.2, 0) is 6.42 Å². The van der Waals surface area contributed by atoms with E-state index in [9.17, 15) is 0 Å². The van der Waals surface area contributed by atoms with E-state index in [1.807, 2.05) is 18.2 Å². The van der Waals surface area contributed by atoms with Gasteiger partial charge in [-0.05, 0) is 49.1 Å². The first-order valence-electron chi connectivity index (χ1n) is 6.44. The van der Waals surface area contributed by atoms with E-state index < -0.39 is 0 Å². The summed E-state index contributed by atoms with van der Waals surface area (Å²) in [6.07, 6.45) is 2.26. The zero-order valence-corrected chi connectivity index (χ0v) is 13.1. The average Bonchev–Trinajstić information content (AvgIpc) is 2.77. The average molecular weight is 337 g/mol. The van der Waals surface area contributed by atoms with E-state index in [1.165, 1.54) is 16.7 Å². The Bertz CT molecular complexity index is 624. The third-order valence-electron chi connectivity index (χ3n) is 3.64. The molecule has 1 nitrogen and oxygen atoms in total. The molecule has 19 heavy (non-hydrogen) atoms. The maximum absolute atomic E-state index is 6.25. The highest BCUT2D eigenvalue weighted by Crippen LogP contribution is 2.36. The number of benzene rings is 2. The van der Waals surface area contributed by atoms with Crippen LogP contribution in [0, 0.1) is 6.92 Å². The Morgan fingerprint density at radius 3 is 2.89 bits per heavy atom. The van der Waals surface area contributed by atoms with Gasteiger partial charge in [0.15, 0.2) is 0 Å². The molecule has 1 aliphatic carbocycles. The Hall–Kier alpha value is -0.990. The van der Waals surface area contributed by atoms with E-state index in [0.717, 1.165) is 28.0 Å². The molecule has 1 aliphatic rings. The van der Waals surface area contributed by atoms with Crippen molar-refractivity contribution in [3.05, 3.63) is 62.6 Å². The molecule has 0 bridgehead atoms. The third-order valence-corrected chi connectivity index (χ3v) is 4.46. The molecule has 0 aliphatic heterocycles. The molecule has 1 atom stereocenters. The molecule has 0 fully saturated rings. The van der Waals surface area contributed by atoms with Gasteiger partial charge in [-0.2, -0.15) is 0 Å². The number of aryl methyl sites for hydroxylation is 2. The normalized spacial score (nSPS) is 17.3. The maximum Gasteiger partial charge on any atom is 0.0638 e. The Balaban J connectivity index is 1.90. The smallest absolute Gasteiger partial charge is 0.0638 e. The standard InChI is InChI=1S/C16H15BrClN/c1-10-2-3-11-4-7-15(13(11)8-10)19-16-9-12(17)5-6-14(16)18/h2-3,5-6,8-9,15,19H,4,7H2,1H3. The van der Waals surface area contributed by atoms with Crippen LogP contribution in [0.15, 0.2) is 40.9 Å². The molecule has 3 heteroatoms. The van der Waals surface area contributed by atoms with Crippen molar-refractivity contribution < 1.29 is 0 Å². The second-order valence-electron chi connectivity index (χ2n) is 5.06. The fraction of sp³-hybridized carbons (Fsp3) is 0.250. The van der Waals surface area contributed by atoms with E-state index in [2.05, 4.69) is 46.4 Å². The molecule has 3 rings (SSSR count). The van der Waals surface area contributed by atoms with Crippen molar-refractivity contribution in [3.63, 3.8) is 0 Å². The summed E-state index contributed by atoms with van der Waals surface area (Å²) in [6.45, 7) is 2.14. The predicted octanol–water partition coefficient (Wildman–Crippen LogP) is 5.51. The number of rotatable bonds is 2. The number of hydrogen-bond acceptors (Lipinski definition) is 1. The summed E-state index contributed by atoms with van der Waals surface area (Å²) in [5.41, 5.74) is 5.17. The van der Waals surface area contributed by atoms with Crippen LogP contribution in [0.2, 0.25) is 5.02 Å². The largest absolute Gasteiger partial charge is 0.377 e. The number of nitrogens with one attached hydrogen (secondary N) is 1. The van der Waals surface area contributed by atoms with Crippen molar-refractivity contribution in [2.75, 3.05) is 5.32 Å². The fourth-order valence-corrected chi connectivity index (χ4v) is 3.20. The summed E-state index contributed by atoms with van der Waals surface area (Å²) in [7, 11) is 0. The quantitative estimate of drug-likeness (QED) is 0.762. The molecule has 1 unspecified atom stereocenters. The minimum Gasteiger partial charge on any atom is -0.377 e. The molecular weight excluding hydrogens is 322 g/mol. The topological polar surface area (TPSA) is 12.0 Å². The number of halogens is 2. The van der Waals surface area contributed by atoms with Gasteiger partial charge in [0.2, 0.25) is 0 Å². The molecule has 0 aromatic heterocycles. The number of anilines is 1. The molecular formula is C16H15BrClN. The van der Waals surface area contributed by atoms with E-state index in [0.29, 0.717) is 6.04 Å². The molecule has 98 valence electrons. The van der Waals surface area contributed by atoms with Crippen LogP contribution in [0.5, 0.6) is 0 Å². The lowest BCUT2D eigenvalue weighted by molar-refractivity contribution is 0.762. The van der Waals surface area contributed by atoms with Crippen molar-refractivity contribution in [3.8, 4) is 0 Å². The van der Waals surface area contributed by atoms with Gasteiger partial charge in [0.25, 0.3) is 0 Å². The van der Waals surface area contributed by atoms with Crippen molar-refractivity contribution in [2.45, 2.75) is 25.8 Å². The predicted molar refractivity (Wildman–Crippen MR) is 85.0 cm³/mol. The number of hydrogen-bond donors (Lipinski definition) is 1. The first-order valence-corrected chi connectivity index (χ1v) is 7.61. The highest BCUT2D eigenvalue weighted by Gasteiger charge is 2.22. The van der Waals surface area contributed by atoms with Gasteiger partial charge in [-0.15, -0.1) is 0 Å². The van der Waals surface area contributed by atoms with Crippen LogP contribution in [-0.4, -0.2) is 0 Å². The van der Waals surface area contributed by atoms with Crippen LogP contribution in [0.3, 0.4) is 0 Å². The summed E-state index contributed by atoms with van der Waals surface area (Å²) < 4.78 is 1.04. The SMILES string of the molecule is Cc1ccc2c(c1)C(Nc1cc(Br)ccc1Cl)CC2. The molecule has 0 spiro atoms. The summed E-state index contributed by atoms with van der Waals surface area (Å²) in [5, 5.41) is 4.34. The molecule has 2 aromatic rings. The zero-order chi connectivity index (χ0) is 13.4. The monoisotopic (exact) mass is 335 g/mol. The van der Waals surface area contributed by atoms with Gasteiger partial charge in [-0.3, -0.25) is 0 Å². The molecule has 2 aromatic carbocycles. The highest BCUT2D eigenvalue weighted by molar-refractivity contribution is 9.10. The Morgan fingerprint density at radius 1 is 1.21 bits per heavy atom. The minimum atomic E-state index is 0.363. The van der Waals surface area contributed by atoms with E-state index in [4.69, 9.17) is 11.6 Å². The van der Waals surface area contributed by atoms with E-state index >= 15 is 0 Å². The number of fused-ring (bicyclic) bond motifs is 1. The second-order valence-corrected chi connectivity index (χ2v) is 6.38. The fourth-order valence-electron chi connectivity index (χ4n) is 2.67. The van der Waals surface area contributed by atoms with Crippen LogP contribution in [0.1, 0.15) is 29.2 Å². The molecule has 0 radical (unpaired) electrons. The Labute approximate surface area is 127 Å². The van der Waals surface area contributed by atoms with Gasteiger partial charge in [-0.25, -0.2) is 0 Å². The van der Waals surface area contributed by atoms with Crippen LogP contribution in [0.4, 0.5) is 5.69 Å². The molecule has 0 saturated carbocycles. The van der Waals surface area contributed by atoms with Gasteiger partial charge >= 0.3 is 0 Å². The van der Waals surface area contributed by atoms with Crippen molar-refractivity contribution >= 4 is 33.2 Å². The lowest BCUT2D eigenvalue weighted by atomic mass is 10.0. The van der Waals surface area contributed by atoms with Gasteiger partial charge in [0.1, 0.15) is 0 Å². The molecule has 0 heterocycles. The zero-order valence-electron chi connectivity index (χ0n) is 10.7. The van der Waals surface area contributed by atoms with Crippen LogP contribution >= 0.6 is 27.5 Å². The first-order chi connectivity index (χ1) is 9.13. The van der Waals surface area contributed by atoms with E-state index in [-0.39, 0.29) is 0 Å². The molecule has 1 N–H and O–H groups in total. The summed E-state index contributed by atoms with van der Waals surface area (Å²) >= 11 is 9.74. The van der Waals surface area contributed by atoms with Gasteiger partial charge in [0, 0.05) is 4.47 Å². The summed E-state index contributed by atoms with van der Waals surface area (Å²) in [5.74, 6) is 0. The Morgan fingerprint density at radius 2 is 2.05 bits per heavy atom. The van der Waals surface area contributed by atoms with Crippen LogP contribution in [0.25, 0.3) is 0 Å². The maximum atomic E-state index is 6.25.